The number of methoxy groups -OCH3 is 1. The zero-order chi connectivity index (χ0) is 23.2. The summed E-state index contributed by atoms with van der Waals surface area (Å²) in [5.74, 6) is 1.56. The van der Waals surface area contributed by atoms with E-state index in [1.165, 1.54) is 11.1 Å². The molecule has 1 fully saturated rings. The van der Waals surface area contributed by atoms with Crippen molar-refractivity contribution in [3.8, 4) is 17.1 Å². The molecule has 0 spiro atoms. The minimum Gasteiger partial charge on any atom is -0.497 e. The third-order valence-electron chi connectivity index (χ3n) is 6.11. The van der Waals surface area contributed by atoms with Crippen LogP contribution < -0.4 is 10.1 Å². The number of aromatic amines is 1. The first-order valence-electron chi connectivity index (χ1n) is 11.4. The SMILES string of the molecule is COc1ccc(-c2n[nH]c(=S)n2CCC(=O)NC2CCN(Cc3cccc(C)c3)CC2)cc1. The van der Waals surface area contributed by atoms with E-state index in [1.54, 1.807) is 7.11 Å². The lowest BCUT2D eigenvalue weighted by molar-refractivity contribution is -0.122. The molecule has 174 valence electrons. The number of rotatable bonds is 8. The topological polar surface area (TPSA) is 75.2 Å². The van der Waals surface area contributed by atoms with Crippen molar-refractivity contribution in [3.05, 3.63) is 64.4 Å². The van der Waals surface area contributed by atoms with Gasteiger partial charge in [-0.2, -0.15) is 5.10 Å². The summed E-state index contributed by atoms with van der Waals surface area (Å²) in [5.41, 5.74) is 3.56. The predicted molar refractivity (Wildman–Crippen MR) is 132 cm³/mol. The van der Waals surface area contributed by atoms with Gasteiger partial charge in [0.05, 0.1) is 7.11 Å². The molecule has 2 heterocycles. The number of aromatic nitrogens is 3. The molecule has 1 aromatic heterocycles. The van der Waals surface area contributed by atoms with Crippen molar-refractivity contribution in [2.24, 2.45) is 0 Å². The molecular formula is C25H31N5O2S. The van der Waals surface area contributed by atoms with E-state index in [2.05, 4.69) is 51.6 Å². The van der Waals surface area contributed by atoms with Crippen molar-refractivity contribution >= 4 is 18.1 Å². The Hall–Kier alpha value is -2.97. The molecule has 1 amide bonds. The Morgan fingerprint density at radius 3 is 2.67 bits per heavy atom. The van der Waals surface area contributed by atoms with E-state index in [9.17, 15) is 4.79 Å². The number of piperidine rings is 1. The van der Waals surface area contributed by atoms with Crippen molar-refractivity contribution in [1.82, 2.24) is 25.0 Å². The number of nitrogens with zero attached hydrogens (tertiary/aromatic N) is 3. The number of likely N-dealkylation sites (tertiary alicyclic amines) is 1. The molecule has 0 radical (unpaired) electrons. The number of hydrogen-bond donors (Lipinski definition) is 2. The lowest BCUT2D eigenvalue weighted by atomic mass is 10.0. The third kappa shape index (κ3) is 6.09. The number of carbonyl (C=O) groups is 1. The molecule has 33 heavy (non-hydrogen) atoms. The second-order valence-corrected chi connectivity index (χ2v) is 8.98. The normalized spacial score (nSPS) is 14.8. The van der Waals surface area contributed by atoms with E-state index in [-0.39, 0.29) is 11.9 Å². The third-order valence-corrected chi connectivity index (χ3v) is 6.42. The fourth-order valence-corrected chi connectivity index (χ4v) is 4.53. The Balaban J connectivity index is 1.26. The average Bonchev–Trinajstić information content (AvgIpc) is 3.19. The Kier molecular flexibility index (Phi) is 7.57. The number of amides is 1. The molecule has 4 rings (SSSR count). The number of aryl methyl sites for hydroxylation is 1. The van der Waals surface area contributed by atoms with Gasteiger partial charge in [0, 0.05) is 44.2 Å². The number of benzene rings is 2. The first-order chi connectivity index (χ1) is 16.0. The van der Waals surface area contributed by atoms with Crippen molar-refractivity contribution in [2.75, 3.05) is 20.2 Å². The van der Waals surface area contributed by atoms with Gasteiger partial charge >= 0.3 is 0 Å². The van der Waals surface area contributed by atoms with Gasteiger partial charge in [0.2, 0.25) is 5.91 Å². The van der Waals surface area contributed by atoms with Crippen LogP contribution in [0, 0.1) is 11.7 Å². The summed E-state index contributed by atoms with van der Waals surface area (Å²) < 4.78 is 7.61. The molecule has 2 N–H and O–H groups in total. The first kappa shape index (κ1) is 23.2. The average molecular weight is 466 g/mol. The lowest BCUT2D eigenvalue weighted by Gasteiger charge is -2.32. The molecule has 0 unspecified atom stereocenters. The van der Waals surface area contributed by atoms with E-state index >= 15 is 0 Å². The summed E-state index contributed by atoms with van der Waals surface area (Å²) in [6, 6.07) is 16.5. The van der Waals surface area contributed by atoms with Gasteiger partial charge < -0.3 is 10.1 Å². The maximum atomic E-state index is 12.6. The van der Waals surface area contributed by atoms with Crippen LogP contribution in [0.3, 0.4) is 0 Å². The minimum absolute atomic E-state index is 0.0518. The van der Waals surface area contributed by atoms with Crippen molar-refractivity contribution < 1.29 is 9.53 Å². The summed E-state index contributed by atoms with van der Waals surface area (Å²) in [6.07, 6.45) is 2.31. The van der Waals surface area contributed by atoms with E-state index in [4.69, 9.17) is 17.0 Å². The summed E-state index contributed by atoms with van der Waals surface area (Å²) in [5, 5.41) is 10.4. The largest absolute Gasteiger partial charge is 0.497 e. The molecule has 3 aromatic rings. The minimum atomic E-state index is 0.0518. The Morgan fingerprint density at radius 1 is 1.21 bits per heavy atom. The summed E-state index contributed by atoms with van der Waals surface area (Å²) >= 11 is 5.39. The van der Waals surface area contributed by atoms with Crippen LogP contribution in [0.4, 0.5) is 0 Å². The molecule has 8 heteroatoms. The highest BCUT2D eigenvalue weighted by atomic mass is 32.1. The van der Waals surface area contributed by atoms with E-state index in [1.807, 2.05) is 28.8 Å². The zero-order valence-corrected chi connectivity index (χ0v) is 20.0. The van der Waals surface area contributed by atoms with Gasteiger partial charge in [-0.1, -0.05) is 29.8 Å². The highest BCUT2D eigenvalue weighted by Gasteiger charge is 2.21. The van der Waals surface area contributed by atoms with Gasteiger partial charge in [-0.15, -0.1) is 0 Å². The molecule has 7 nitrogen and oxygen atoms in total. The van der Waals surface area contributed by atoms with Gasteiger partial charge in [0.15, 0.2) is 10.6 Å². The van der Waals surface area contributed by atoms with Crippen LogP contribution in [0.2, 0.25) is 0 Å². The molecule has 1 aliphatic rings. The van der Waals surface area contributed by atoms with Crippen LogP contribution in [-0.2, 0) is 17.9 Å². The van der Waals surface area contributed by atoms with Gasteiger partial charge in [-0.05, 0) is 61.8 Å². The number of ether oxygens (including phenoxy) is 1. The lowest BCUT2D eigenvalue weighted by Crippen LogP contribution is -2.44. The predicted octanol–water partition coefficient (Wildman–Crippen LogP) is 4.10. The molecular weight excluding hydrogens is 434 g/mol. The molecule has 0 atom stereocenters. The molecule has 0 bridgehead atoms. The monoisotopic (exact) mass is 465 g/mol. The first-order valence-corrected chi connectivity index (χ1v) is 11.8. The molecule has 1 aliphatic heterocycles. The van der Waals surface area contributed by atoms with Gasteiger partial charge in [0.1, 0.15) is 5.75 Å². The highest BCUT2D eigenvalue weighted by molar-refractivity contribution is 7.71. The maximum Gasteiger partial charge on any atom is 0.222 e. The van der Waals surface area contributed by atoms with E-state index in [0.717, 1.165) is 49.6 Å². The number of hydrogen-bond acceptors (Lipinski definition) is 5. The maximum absolute atomic E-state index is 12.6. The van der Waals surface area contributed by atoms with Crippen LogP contribution in [0.25, 0.3) is 11.4 Å². The fraction of sp³-hybridized carbons (Fsp3) is 0.400. The highest BCUT2D eigenvalue weighted by Crippen LogP contribution is 2.21. The van der Waals surface area contributed by atoms with E-state index in [0.29, 0.717) is 17.7 Å². The van der Waals surface area contributed by atoms with Crippen molar-refractivity contribution in [2.45, 2.75) is 45.3 Å². The number of H-pyrrole nitrogens is 1. The Labute approximate surface area is 199 Å². The zero-order valence-electron chi connectivity index (χ0n) is 19.2. The Morgan fingerprint density at radius 2 is 1.97 bits per heavy atom. The quantitative estimate of drug-likeness (QED) is 0.490. The smallest absolute Gasteiger partial charge is 0.222 e. The van der Waals surface area contributed by atoms with Crippen molar-refractivity contribution in [3.63, 3.8) is 0 Å². The van der Waals surface area contributed by atoms with Crippen LogP contribution in [0.15, 0.2) is 48.5 Å². The van der Waals surface area contributed by atoms with Crippen LogP contribution in [0.1, 0.15) is 30.4 Å². The second-order valence-electron chi connectivity index (χ2n) is 8.59. The van der Waals surface area contributed by atoms with Gasteiger partial charge in [0.25, 0.3) is 0 Å². The second kappa shape index (κ2) is 10.8. The molecule has 1 saturated heterocycles. The summed E-state index contributed by atoms with van der Waals surface area (Å²) in [7, 11) is 1.64. The standard InChI is InChI=1S/C25H31N5O2S/c1-18-4-3-5-19(16-18)17-29-13-10-21(11-14-29)26-23(31)12-15-30-24(27-28-25(30)33)20-6-8-22(32-2)9-7-20/h3-9,16,21H,10-15,17H2,1-2H3,(H,26,31)(H,28,33). The van der Waals surface area contributed by atoms with Crippen molar-refractivity contribution in [1.29, 1.82) is 0 Å². The van der Waals surface area contributed by atoms with Crippen LogP contribution in [-0.4, -0.2) is 51.8 Å². The number of carbonyl (C=O) groups excluding carboxylic acids is 1. The molecule has 2 aromatic carbocycles. The molecule has 0 saturated carbocycles. The summed E-state index contributed by atoms with van der Waals surface area (Å²) in [6.45, 7) is 5.56. The van der Waals surface area contributed by atoms with E-state index < -0.39 is 0 Å². The van der Waals surface area contributed by atoms with Crippen LogP contribution in [0.5, 0.6) is 5.75 Å². The van der Waals surface area contributed by atoms with Crippen LogP contribution >= 0.6 is 12.2 Å². The van der Waals surface area contributed by atoms with Gasteiger partial charge in [-0.3, -0.25) is 19.4 Å². The fourth-order valence-electron chi connectivity index (χ4n) is 4.30. The van der Waals surface area contributed by atoms with Gasteiger partial charge in [-0.25, -0.2) is 0 Å². The Bertz CT molecular complexity index is 1130. The number of nitrogens with one attached hydrogen (secondary N) is 2. The summed E-state index contributed by atoms with van der Waals surface area (Å²) in [4.78, 5) is 15.1. The molecule has 0 aliphatic carbocycles.